The van der Waals surface area contributed by atoms with E-state index in [1.165, 1.54) is 0 Å². The number of unbranched alkanes of at least 4 members (excludes halogenated alkanes) is 1. The summed E-state index contributed by atoms with van der Waals surface area (Å²) in [6.45, 7) is 2.12. The van der Waals surface area contributed by atoms with Crippen LogP contribution in [0.15, 0.2) is 39.5 Å². The molecular weight excluding hydrogens is 188 g/mol. The number of aryl methyl sites for hydroxylation is 1. The monoisotopic (exact) mass is 202 g/mol. The predicted molar refractivity (Wildman–Crippen MR) is 61.1 cm³/mol. The van der Waals surface area contributed by atoms with E-state index in [9.17, 15) is 4.79 Å². The molecule has 0 spiro atoms. The van der Waals surface area contributed by atoms with E-state index in [4.69, 9.17) is 4.42 Å². The Bertz CT molecular complexity index is 511. The molecule has 1 aromatic heterocycles. The first-order valence-electron chi connectivity index (χ1n) is 5.33. The average Bonchev–Trinajstić information content (AvgIpc) is 2.26. The van der Waals surface area contributed by atoms with Crippen LogP contribution in [0.4, 0.5) is 0 Å². The molecule has 0 unspecified atom stereocenters. The quantitative estimate of drug-likeness (QED) is 0.765. The lowest BCUT2D eigenvalue weighted by Gasteiger charge is -2.00. The summed E-state index contributed by atoms with van der Waals surface area (Å²) in [6, 6.07) is 9.50. The van der Waals surface area contributed by atoms with Gasteiger partial charge in [-0.25, -0.2) is 4.79 Å². The molecule has 2 rings (SSSR count). The Morgan fingerprint density at radius 3 is 2.87 bits per heavy atom. The zero-order valence-electron chi connectivity index (χ0n) is 8.82. The van der Waals surface area contributed by atoms with Gasteiger partial charge in [0.25, 0.3) is 0 Å². The summed E-state index contributed by atoms with van der Waals surface area (Å²) in [7, 11) is 0. The molecule has 1 heterocycles. The molecule has 0 N–H and O–H groups in total. The predicted octanol–water partition coefficient (Wildman–Crippen LogP) is 3.14. The van der Waals surface area contributed by atoms with Gasteiger partial charge in [-0.3, -0.25) is 0 Å². The first-order valence-corrected chi connectivity index (χ1v) is 5.33. The van der Waals surface area contributed by atoms with Crippen molar-refractivity contribution in [1.29, 1.82) is 0 Å². The molecule has 1 aromatic carbocycles. The van der Waals surface area contributed by atoms with Crippen molar-refractivity contribution in [2.24, 2.45) is 0 Å². The van der Waals surface area contributed by atoms with Crippen LogP contribution in [-0.4, -0.2) is 0 Å². The maximum absolute atomic E-state index is 11.6. The molecule has 2 nitrogen and oxygen atoms in total. The maximum Gasteiger partial charge on any atom is 0.343 e. The van der Waals surface area contributed by atoms with Gasteiger partial charge in [-0.1, -0.05) is 31.5 Å². The van der Waals surface area contributed by atoms with Gasteiger partial charge in [-0.15, -0.1) is 0 Å². The lowest BCUT2D eigenvalue weighted by Crippen LogP contribution is -2.01. The molecule has 2 heteroatoms. The summed E-state index contributed by atoms with van der Waals surface area (Å²) >= 11 is 0. The third kappa shape index (κ3) is 2.09. The van der Waals surface area contributed by atoms with E-state index in [0.717, 1.165) is 30.4 Å². The van der Waals surface area contributed by atoms with E-state index >= 15 is 0 Å². The van der Waals surface area contributed by atoms with Gasteiger partial charge in [0.2, 0.25) is 0 Å². The number of hydrogen-bond donors (Lipinski definition) is 0. The topological polar surface area (TPSA) is 30.2 Å². The van der Waals surface area contributed by atoms with Crippen molar-refractivity contribution in [3.63, 3.8) is 0 Å². The van der Waals surface area contributed by atoms with Gasteiger partial charge >= 0.3 is 5.63 Å². The molecule has 0 aliphatic carbocycles. The van der Waals surface area contributed by atoms with E-state index in [2.05, 4.69) is 6.92 Å². The van der Waals surface area contributed by atoms with E-state index < -0.39 is 0 Å². The van der Waals surface area contributed by atoms with Crippen LogP contribution < -0.4 is 5.63 Å². The van der Waals surface area contributed by atoms with Crippen molar-refractivity contribution < 1.29 is 4.42 Å². The van der Waals surface area contributed by atoms with Crippen LogP contribution in [0.5, 0.6) is 0 Å². The second-order valence-electron chi connectivity index (χ2n) is 3.69. The summed E-state index contributed by atoms with van der Waals surface area (Å²) in [4.78, 5) is 11.6. The lowest BCUT2D eigenvalue weighted by molar-refractivity contribution is 0.460. The first kappa shape index (κ1) is 9.97. The van der Waals surface area contributed by atoms with E-state index in [-0.39, 0.29) is 5.63 Å². The van der Waals surface area contributed by atoms with Gasteiger partial charge in [0, 0.05) is 6.42 Å². The van der Waals surface area contributed by atoms with Crippen molar-refractivity contribution in [2.75, 3.05) is 0 Å². The van der Waals surface area contributed by atoms with Gasteiger partial charge in [0.05, 0.1) is 5.39 Å². The second-order valence-corrected chi connectivity index (χ2v) is 3.69. The molecule has 0 saturated heterocycles. The highest BCUT2D eigenvalue weighted by molar-refractivity contribution is 5.81. The summed E-state index contributed by atoms with van der Waals surface area (Å²) in [5.74, 6) is 0.792. The largest absolute Gasteiger partial charge is 0.427 e. The highest BCUT2D eigenvalue weighted by atomic mass is 16.4. The van der Waals surface area contributed by atoms with Crippen LogP contribution >= 0.6 is 0 Å². The Kier molecular flexibility index (Phi) is 2.86. The van der Waals surface area contributed by atoms with E-state index in [1.807, 2.05) is 24.3 Å². The fourth-order valence-electron chi connectivity index (χ4n) is 1.66. The van der Waals surface area contributed by atoms with E-state index in [1.54, 1.807) is 6.07 Å². The Morgan fingerprint density at radius 1 is 1.27 bits per heavy atom. The van der Waals surface area contributed by atoms with Crippen molar-refractivity contribution >= 4 is 10.8 Å². The molecule has 0 amide bonds. The van der Waals surface area contributed by atoms with Crippen molar-refractivity contribution in [3.05, 3.63) is 46.5 Å². The van der Waals surface area contributed by atoms with Crippen LogP contribution in [0.1, 0.15) is 25.5 Å². The zero-order valence-corrected chi connectivity index (χ0v) is 8.82. The van der Waals surface area contributed by atoms with Gasteiger partial charge in [0.15, 0.2) is 0 Å². The second kappa shape index (κ2) is 4.30. The molecule has 0 aliphatic heterocycles. The molecule has 0 atom stereocenters. The highest BCUT2D eigenvalue weighted by Gasteiger charge is 2.02. The fraction of sp³-hybridized carbons (Fsp3) is 0.308. The van der Waals surface area contributed by atoms with Crippen LogP contribution in [0.2, 0.25) is 0 Å². The molecule has 2 aromatic rings. The SMILES string of the molecule is CCCCc1cc2ccccc2c(=O)o1. The molecule has 15 heavy (non-hydrogen) atoms. The van der Waals surface area contributed by atoms with Crippen LogP contribution in [-0.2, 0) is 6.42 Å². The van der Waals surface area contributed by atoms with Crippen molar-refractivity contribution in [1.82, 2.24) is 0 Å². The summed E-state index contributed by atoms with van der Waals surface area (Å²) in [5, 5.41) is 1.64. The van der Waals surface area contributed by atoms with Gasteiger partial charge in [0.1, 0.15) is 5.76 Å². The van der Waals surface area contributed by atoms with Crippen LogP contribution in [0, 0.1) is 0 Å². The van der Waals surface area contributed by atoms with Crippen LogP contribution in [0.25, 0.3) is 10.8 Å². The Balaban J connectivity index is 2.48. The molecule has 0 fully saturated rings. The molecule has 0 aliphatic rings. The average molecular weight is 202 g/mol. The van der Waals surface area contributed by atoms with Gasteiger partial charge in [-0.05, 0) is 23.9 Å². The van der Waals surface area contributed by atoms with Crippen molar-refractivity contribution in [3.8, 4) is 0 Å². The standard InChI is InChI=1S/C13H14O2/c1-2-3-7-11-9-10-6-4-5-8-12(10)13(14)15-11/h4-6,8-9H,2-3,7H2,1H3. The molecular formula is C13H14O2. The maximum atomic E-state index is 11.6. The lowest BCUT2D eigenvalue weighted by atomic mass is 10.1. The minimum atomic E-state index is -0.223. The number of hydrogen-bond acceptors (Lipinski definition) is 2. The Morgan fingerprint density at radius 2 is 2.07 bits per heavy atom. The van der Waals surface area contributed by atoms with E-state index in [0.29, 0.717) is 5.39 Å². The number of rotatable bonds is 3. The smallest absolute Gasteiger partial charge is 0.343 e. The van der Waals surface area contributed by atoms with Crippen LogP contribution in [0.3, 0.4) is 0 Å². The summed E-state index contributed by atoms with van der Waals surface area (Å²) in [5.41, 5.74) is -0.223. The number of fused-ring (bicyclic) bond motifs is 1. The van der Waals surface area contributed by atoms with Gasteiger partial charge < -0.3 is 4.42 Å². The highest BCUT2D eigenvalue weighted by Crippen LogP contribution is 2.13. The van der Waals surface area contributed by atoms with Crippen molar-refractivity contribution in [2.45, 2.75) is 26.2 Å². The fourth-order valence-corrected chi connectivity index (χ4v) is 1.66. The third-order valence-corrected chi connectivity index (χ3v) is 2.50. The minimum absolute atomic E-state index is 0.223. The minimum Gasteiger partial charge on any atom is -0.427 e. The molecule has 0 saturated carbocycles. The number of benzene rings is 1. The molecule has 0 bridgehead atoms. The first-order chi connectivity index (χ1) is 7.31. The Hall–Kier alpha value is -1.57. The molecule has 78 valence electrons. The Labute approximate surface area is 88.5 Å². The molecule has 0 radical (unpaired) electrons. The van der Waals surface area contributed by atoms with Gasteiger partial charge in [-0.2, -0.15) is 0 Å². The zero-order chi connectivity index (χ0) is 10.7. The normalized spacial score (nSPS) is 10.7. The third-order valence-electron chi connectivity index (χ3n) is 2.50. The summed E-state index contributed by atoms with van der Waals surface area (Å²) in [6.07, 6.45) is 3.01. The summed E-state index contributed by atoms with van der Waals surface area (Å²) < 4.78 is 5.24.